The number of hydrogen-bond donors (Lipinski definition) is 0. The molecule has 2 aliphatic carbocycles. The van der Waals surface area contributed by atoms with Gasteiger partial charge in [0.25, 0.3) is 0 Å². The lowest BCUT2D eigenvalue weighted by atomic mass is 9.58. The normalized spacial score (nSPS) is 42.6. The minimum absolute atomic E-state index is 0.00628. The smallest absolute Gasteiger partial charge is 0.334 e. The first kappa shape index (κ1) is 11.5. The van der Waals surface area contributed by atoms with Crippen LogP contribution < -0.4 is 0 Å². The van der Waals surface area contributed by atoms with Crippen molar-refractivity contribution in [2.24, 2.45) is 17.3 Å². The van der Waals surface area contributed by atoms with Gasteiger partial charge in [-0.15, -0.1) is 0 Å². The van der Waals surface area contributed by atoms with E-state index in [1.165, 1.54) is 0 Å². The third kappa shape index (κ3) is 1.36. The molecule has 4 atom stereocenters. The van der Waals surface area contributed by atoms with Crippen molar-refractivity contribution in [1.29, 1.82) is 0 Å². The van der Waals surface area contributed by atoms with Gasteiger partial charge in [0.2, 0.25) is 0 Å². The Hall–Kier alpha value is -1.64. The predicted octanol–water partition coefficient (Wildman–Crippen LogP) is 2.20. The molecule has 0 unspecified atom stereocenters. The van der Waals surface area contributed by atoms with Crippen molar-refractivity contribution in [3.05, 3.63) is 36.5 Å². The van der Waals surface area contributed by atoms with Crippen molar-refractivity contribution in [2.45, 2.75) is 25.9 Å². The zero-order chi connectivity index (χ0) is 13.1. The molecule has 3 rings (SSSR count). The van der Waals surface area contributed by atoms with Crippen LogP contribution in [0.2, 0.25) is 0 Å². The molecular weight excluding hydrogens is 228 g/mol. The molecule has 1 saturated carbocycles. The lowest BCUT2D eigenvalue weighted by Crippen LogP contribution is -2.43. The van der Waals surface area contributed by atoms with E-state index in [-0.39, 0.29) is 35.1 Å². The Morgan fingerprint density at radius 3 is 2.78 bits per heavy atom. The summed E-state index contributed by atoms with van der Waals surface area (Å²) in [5.41, 5.74) is 1.08. The summed E-state index contributed by atoms with van der Waals surface area (Å²) >= 11 is 0. The van der Waals surface area contributed by atoms with Gasteiger partial charge in [0.15, 0.2) is 5.78 Å². The number of ketones is 1. The number of hydrogen-bond acceptors (Lipinski definition) is 3. The van der Waals surface area contributed by atoms with Crippen molar-refractivity contribution in [3.63, 3.8) is 0 Å². The van der Waals surface area contributed by atoms with Gasteiger partial charge in [-0.1, -0.05) is 26.2 Å². The summed E-state index contributed by atoms with van der Waals surface area (Å²) in [4.78, 5) is 23.3. The number of carbonyl (C=O) groups is 2. The maximum atomic E-state index is 11.7. The van der Waals surface area contributed by atoms with Gasteiger partial charge in [-0.2, -0.15) is 0 Å². The van der Waals surface area contributed by atoms with Crippen LogP contribution in [0.1, 0.15) is 19.8 Å². The van der Waals surface area contributed by atoms with Gasteiger partial charge in [-0.3, -0.25) is 4.79 Å². The first-order valence-electron chi connectivity index (χ1n) is 6.24. The fraction of sp³-hybridized carbons (Fsp3) is 0.467. The molecule has 18 heavy (non-hydrogen) atoms. The van der Waals surface area contributed by atoms with Crippen LogP contribution in [-0.4, -0.2) is 17.9 Å². The summed E-state index contributed by atoms with van der Waals surface area (Å²) in [6.07, 6.45) is 4.96. The predicted molar refractivity (Wildman–Crippen MR) is 66.6 cm³/mol. The molecule has 1 saturated heterocycles. The summed E-state index contributed by atoms with van der Waals surface area (Å²) in [6.45, 7) is 9.85. The van der Waals surface area contributed by atoms with Crippen LogP contribution in [0.15, 0.2) is 36.5 Å². The summed E-state index contributed by atoms with van der Waals surface area (Å²) < 4.78 is 5.37. The van der Waals surface area contributed by atoms with Crippen molar-refractivity contribution in [2.75, 3.05) is 0 Å². The standard InChI is InChI=1S/C15H16O3/c1-8-10-6-11-9(2)12(16)4-5-15(11,3)7-13(10)18-14(8)17/h4-5,10-11,13H,1-2,6-7H2,3H3/t10-,11-,13-,15+/m1/s1. The molecule has 0 aromatic rings. The first-order chi connectivity index (χ1) is 8.42. The Labute approximate surface area is 106 Å². The molecule has 0 N–H and O–H groups in total. The third-order valence-corrected chi connectivity index (χ3v) is 4.70. The summed E-state index contributed by atoms with van der Waals surface area (Å²) in [7, 11) is 0. The summed E-state index contributed by atoms with van der Waals surface area (Å²) in [5, 5.41) is 0. The van der Waals surface area contributed by atoms with Gasteiger partial charge in [0.05, 0.1) is 0 Å². The molecule has 3 nitrogen and oxygen atoms in total. The van der Waals surface area contributed by atoms with E-state index < -0.39 is 0 Å². The van der Waals surface area contributed by atoms with Gasteiger partial charge in [0.1, 0.15) is 6.10 Å². The molecule has 0 aromatic carbocycles. The number of rotatable bonds is 0. The first-order valence-corrected chi connectivity index (χ1v) is 6.24. The molecule has 0 bridgehead atoms. The number of fused-ring (bicyclic) bond motifs is 2. The lowest BCUT2D eigenvalue weighted by Gasteiger charge is -2.46. The molecule has 0 amide bonds. The molecule has 94 valence electrons. The van der Waals surface area contributed by atoms with E-state index in [9.17, 15) is 9.59 Å². The average Bonchev–Trinajstić information content (AvgIpc) is 2.58. The molecule has 1 heterocycles. The number of carbonyl (C=O) groups excluding carboxylic acids is 2. The molecule has 0 aromatic heterocycles. The Morgan fingerprint density at radius 2 is 2.06 bits per heavy atom. The second-order valence-electron chi connectivity index (χ2n) is 5.80. The lowest BCUT2D eigenvalue weighted by molar-refractivity contribution is -0.141. The van der Waals surface area contributed by atoms with Crippen LogP contribution in [0.25, 0.3) is 0 Å². The van der Waals surface area contributed by atoms with Crippen LogP contribution >= 0.6 is 0 Å². The highest BCUT2D eigenvalue weighted by molar-refractivity contribution is 6.05. The molecule has 3 heteroatoms. The van der Waals surface area contributed by atoms with E-state index in [4.69, 9.17) is 4.74 Å². The molecule has 3 aliphatic rings. The van der Waals surface area contributed by atoms with Crippen molar-refractivity contribution in [1.82, 2.24) is 0 Å². The fourth-order valence-corrected chi connectivity index (χ4v) is 3.52. The third-order valence-electron chi connectivity index (χ3n) is 4.70. The van der Waals surface area contributed by atoms with E-state index in [0.29, 0.717) is 11.1 Å². The second kappa shape index (κ2) is 3.44. The summed E-state index contributed by atoms with van der Waals surface area (Å²) in [5.74, 6) is -0.130. The van der Waals surface area contributed by atoms with Crippen molar-refractivity contribution < 1.29 is 14.3 Å². The van der Waals surface area contributed by atoms with Gasteiger partial charge >= 0.3 is 5.97 Å². The average molecular weight is 244 g/mol. The van der Waals surface area contributed by atoms with Gasteiger partial charge < -0.3 is 4.74 Å². The molecular formula is C15H16O3. The molecule has 0 spiro atoms. The van der Waals surface area contributed by atoms with Crippen molar-refractivity contribution in [3.8, 4) is 0 Å². The maximum Gasteiger partial charge on any atom is 0.334 e. The van der Waals surface area contributed by atoms with Crippen molar-refractivity contribution >= 4 is 11.8 Å². The molecule has 0 radical (unpaired) electrons. The minimum atomic E-state index is -0.284. The number of esters is 1. The highest BCUT2D eigenvalue weighted by Crippen LogP contribution is 2.53. The van der Waals surface area contributed by atoms with E-state index >= 15 is 0 Å². The highest BCUT2D eigenvalue weighted by atomic mass is 16.6. The van der Waals surface area contributed by atoms with Crippen LogP contribution in [0.3, 0.4) is 0 Å². The molecule has 1 aliphatic heterocycles. The summed E-state index contributed by atoms with van der Waals surface area (Å²) in [6, 6.07) is 0. The zero-order valence-electron chi connectivity index (χ0n) is 10.4. The van der Waals surface area contributed by atoms with Gasteiger partial charge in [-0.05, 0) is 35.8 Å². The minimum Gasteiger partial charge on any atom is -0.458 e. The van der Waals surface area contributed by atoms with E-state index in [1.807, 2.05) is 6.08 Å². The van der Waals surface area contributed by atoms with E-state index in [1.54, 1.807) is 6.08 Å². The number of ether oxygens (including phenoxy) is 1. The zero-order valence-corrected chi connectivity index (χ0v) is 10.4. The Bertz CT molecular complexity index is 514. The topological polar surface area (TPSA) is 43.4 Å². The SMILES string of the molecule is C=C1C(=O)O[C@@H]2C[C@]3(C)C=CC(=O)C(=C)[C@H]3C[C@H]12. The highest BCUT2D eigenvalue weighted by Gasteiger charge is 2.52. The monoisotopic (exact) mass is 244 g/mol. The van der Waals surface area contributed by atoms with Gasteiger partial charge in [-0.25, -0.2) is 4.79 Å². The van der Waals surface area contributed by atoms with E-state index in [2.05, 4.69) is 20.1 Å². The van der Waals surface area contributed by atoms with E-state index in [0.717, 1.165) is 12.8 Å². The largest absolute Gasteiger partial charge is 0.458 e. The van der Waals surface area contributed by atoms with Crippen LogP contribution in [0.4, 0.5) is 0 Å². The quantitative estimate of drug-likeness (QED) is 0.484. The number of allylic oxidation sites excluding steroid dienone is 3. The van der Waals surface area contributed by atoms with Gasteiger partial charge in [0, 0.05) is 11.5 Å². The fourth-order valence-electron chi connectivity index (χ4n) is 3.52. The Balaban J connectivity index is 1.99. The van der Waals surface area contributed by atoms with Crippen LogP contribution in [0, 0.1) is 17.3 Å². The van der Waals surface area contributed by atoms with Crippen LogP contribution in [-0.2, 0) is 14.3 Å². The Kier molecular flexibility index (Phi) is 2.19. The van der Waals surface area contributed by atoms with Crippen LogP contribution in [0.5, 0.6) is 0 Å². The second-order valence-corrected chi connectivity index (χ2v) is 5.80. The molecule has 2 fully saturated rings. The Morgan fingerprint density at radius 1 is 1.33 bits per heavy atom. The maximum absolute atomic E-state index is 11.7.